The number of nitrogens with zero attached hydrogens (tertiary/aromatic N) is 1. The van der Waals surface area contributed by atoms with Gasteiger partial charge in [-0.25, -0.2) is 0 Å². The van der Waals surface area contributed by atoms with E-state index < -0.39 is 18.2 Å². The number of nitroso groups, excluding NO2 is 1. The summed E-state index contributed by atoms with van der Waals surface area (Å²) in [6.07, 6.45) is 2.14. The molecule has 7 nitrogen and oxygen atoms in total. The molecule has 0 aromatic heterocycles. The summed E-state index contributed by atoms with van der Waals surface area (Å²) in [7, 11) is 6.22. The Kier molecular flexibility index (Phi) is 5.72. The van der Waals surface area contributed by atoms with E-state index in [-0.39, 0.29) is 11.2 Å². The number of methoxy groups -OCH3 is 4. The average molecular weight is 373 g/mol. The van der Waals surface area contributed by atoms with Crippen molar-refractivity contribution in [3.8, 4) is 5.75 Å². The molecule has 0 saturated carbocycles. The van der Waals surface area contributed by atoms with Gasteiger partial charge in [-0.05, 0) is 53.3 Å². The molecule has 27 heavy (non-hydrogen) atoms. The maximum atomic E-state index is 12.5. The summed E-state index contributed by atoms with van der Waals surface area (Å²) in [6, 6.07) is 4.22. The molecular formula is C20H23NO6. The Bertz CT molecular complexity index is 860. The zero-order valence-electron chi connectivity index (χ0n) is 15.9. The highest BCUT2D eigenvalue weighted by atomic mass is 16.6. The second-order valence-corrected chi connectivity index (χ2v) is 6.44. The van der Waals surface area contributed by atoms with Crippen LogP contribution in [0, 0.1) is 4.91 Å². The lowest BCUT2D eigenvalue weighted by atomic mass is 9.85. The molecule has 3 atom stereocenters. The molecule has 0 fully saturated rings. The Labute approximate surface area is 157 Å². The molecule has 7 heteroatoms. The third kappa shape index (κ3) is 3.28. The Balaban J connectivity index is 2.33. The van der Waals surface area contributed by atoms with Gasteiger partial charge in [0.2, 0.25) is 5.43 Å². The van der Waals surface area contributed by atoms with Crippen LogP contribution < -0.4 is 10.2 Å². The summed E-state index contributed by atoms with van der Waals surface area (Å²) < 4.78 is 22.1. The third-order valence-electron chi connectivity index (χ3n) is 5.17. The van der Waals surface area contributed by atoms with Gasteiger partial charge in [0.25, 0.3) is 0 Å². The van der Waals surface area contributed by atoms with Crippen LogP contribution in [0.5, 0.6) is 5.75 Å². The topological polar surface area (TPSA) is 83.4 Å². The van der Waals surface area contributed by atoms with Crippen LogP contribution in [-0.4, -0.2) is 40.6 Å². The van der Waals surface area contributed by atoms with E-state index in [0.717, 1.165) is 16.7 Å². The van der Waals surface area contributed by atoms with E-state index in [2.05, 4.69) is 5.18 Å². The van der Waals surface area contributed by atoms with Crippen LogP contribution in [0.15, 0.2) is 45.6 Å². The van der Waals surface area contributed by atoms with Gasteiger partial charge in [-0.3, -0.25) is 4.79 Å². The van der Waals surface area contributed by atoms with Crippen molar-refractivity contribution in [1.82, 2.24) is 0 Å². The summed E-state index contributed by atoms with van der Waals surface area (Å²) in [5.74, 6) is 0.862. The smallest absolute Gasteiger partial charge is 0.220 e. The van der Waals surface area contributed by atoms with Gasteiger partial charge in [-0.1, -0.05) is 11.2 Å². The second-order valence-electron chi connectivity index (χ2n) is 6.44. The molecule has 3 unspecified atom stereocenters. The van der Waals surface area contributed by atoms with Gasteiger partial charge in [-0.2, -0.15) is 4.91 Å². The predicted molar refractivity (Wildman–Crippen MR) is 101 cm³/mol. The lowest BCUT2D eigenvalue weighted by molar-refractivity contribution is -0.0141. The summed E-state index contributed by atoms with van der Waals surface area (Å²) in [4.78, 5) is 24.0. The average Bonchev–Trinajstić information content (AvgIpc) is 2.94. The fraction of sp³-hybridized carbons (Fsp3) is 0.450. The van der Waals surface area contributed by atoms with Crippen LogP contribution in [0.1, 0.15) is 30.0 Å². The van der Waals surface area contributed by atoms with E-state index in [1.165, 1.54) is 13.2 Å². The number of allylic oxidation sites excluding steroid dienone is 2. The van der Waals surface area contributed by atoms with E-state index in [0.29, 0.717) is 24.2 Å². The number of rotatable bonds is 5. The molecule has 0 spiro atoms. The van der Waals surface area contributed by atoms with Gasteiger partial charge in [0.1, 0.15) is 24.0 Å². The first kappa shape index (κ1) is 19.3. The molecule has 2 aliphatic carbocycles. The first-order valence-corrected chi connectivity index (χ1v) is 8.68. The Hall–Kier alpha value is -2.51. The van der Waals surface area contributed by atoms with Crippen LogP contribution in [-0.2, 0) is 14.2 Å². The van der Waals surface area contributed by atoms with Crippen molar-refractivity contribution < 1.29 is 18.9 Å². The van der Waals surface area contributed by atoms with Gasteiger partial charge in [0.05, 0.1) is 14.2 Å². The van der Waals surface area contributed by atoms with E-state index in [1.54, 1.807) is 33.5 Å². The highest BCUT2D eigenvalue weighted by Crippen LogP contribution is 2.44. The minimum absolute atomic E-state index is 0.205. The van der Waals surface area contributed by atoms with E-state index in [4.69, 9.17) is 18.9 Å². The van der Waals surface area contributed by atoms with E-state index in [1.807, 2.05) is 6.08 Å². The van der Waals surface area contributed by atoms with Crippen LogP contribution >= 0.6 is 0 Å². The molecule has 1 aromatic rings. The minimum Gasteiger partial charge on any atom is -0.498 e. The van der Waals surface area contributed by atoms with Gasteiger partial charge >= 0.3 is 0 Å². The summed E-state index contributed by atoms with van der Waals surface area (Å²) >= 11 is 0. The molecule has 0 radical (unpaired) electrons. The fourth-order valence-electron chi connectivity index (χ4n) is 3.88. The van der Waals surface area contributed by atoms with Crippen molar-refractivity contribution in [2.75, 3.05) is 28.4 Å². The first-order chi connectivity index (χ1) is 13.1. The fourth-order valence-corrected chi connectivity index (χ4v) is 3.88. The first-order valence-electron chi connectivity index (χ1n) is 8.68. The third-order valence-corrected chi connectivity index (χ3v) is 5.17. The Morgan fingerprint density at radius 3 is 2.37 bits per heavy atom. The molecule has 1 aromatic carbocycles. The number of hydrogen-bond donors (Lipinski definition) is 0. The second kappa shape index (κ2) is 8.02. The Morgan fingerprint density at radius 2 is 1.78 bits per heavy atom. The summed E-state index contributed by atoms with van der Waals surface area (Å²) in [5, 5.41) is 3.28. The standard InChI is InChI=1S/C20H23NO6/c1-24-16-8-6-12-13(10-15(16)22)14(21-23)7-5-11-9-17(25-2)19(26-3)20(27-4)18(11)12/h6,8-10,14,19-20H,5,7H2,1-4H3. The van der Waals surface area contributed by atoms with Crippen LogP contribution in [0.4, 0.5) is 0 Å². The van der Waals surface area contributed by atoms with Gasteiger partial charge in [0.15, 0.2) is 5.75 Å². The quantitative estimate of drug-likeness (QED) is 0.738. The zero-order chi connectivity index (χ0) is 19.6. The molecule has 2 aliphatic rings. The molecule has 144 valence electrons. The van der Waals surface area contributed by atoms with E-state index >= 15 is 0 Å². The molecule has 0 saturated heterocycles. The minimum atomic E-state index is -0.631. The molecule has 0 heterocycles. The van der Waals surface area contributed by atoms with Gasteiger partial charge < -0.3 is 18.9 Å². The van der Waals surface area contributed by atoms with Gasteiger partial charge in [0, 0.05) is 14.2 Å². The molecular weight excluding hydrogens is 350 g/mol. The van der Waals surface area contributed by atoms with Crippen LogP contribution in [0.2, 0.25) is 0 Å². The SMILES string of the molecule is COC1=CC2=C(c3ccc(OC)c(=O)cc3C(N=O)CC2)C(OC)C1OC. The maximum absolute atomic E-state index is 12.5. The molecule has 0 N–H and O–H groups in total. The normalized spacial score (nSPS) is 24.3. The zero-order valence-corrected chi connectivity index (χ0v) is 15.9. The monoisotopic (exact) mass is 373 g/mol. The highest BCUT2D eigenvalue weighted by Gasteiger charge is 2.38. The molecule has 0 amide bonds. The molecule has 3 rings (SSSR count). The van der Waals surface area contributed by atoms with Crippen molar-refractivity contribution in [1.29, 1.82) is 0 Å². The van der Waals surface area contributed by atoms with Crippen molar-refractivity contribution in [2.24, 2.45) is 5.18 Å². The van der Waals surface area contributed by atoms with Crippen LogP contribution in [0.3, 0.4) is 0 Å². The van der Waals surface area contributed by atoms with E-state index in [9.17, 15) is 9.70 Å². The van der Waals surface area contributed by atoms with Crippen LogP contribution in [0.25, 0.3) is 5.57 Å². The number of ether oxygens (including phenoxy) is 4. The lowest BCUT2D eigenvalue weighted by Crippen LogP contribution is -2.36. The van der Waals surface area contributed by atoms with Crippen molar-refractivity contribution in [2.45, 2.75) is 31.1 Å². The number of fused-ring (bicyclic) bond motifs is 2. The summed E-state index contributed by atoms with van der Waals surface area (Å²) in [5.41, 5.74) is 2.89. The number of hydrogen-bond acceptors (Lipinski definition) is 7. The molecule has 0 aliphatic heterocycles. The Morgan fingerprint density at radius 1 is 1.04 bits per heavy atom. The van der Waals surface area contributed by atoms with Crippen molar-refractivity contribution in [3.63, 3.8) is 0 Å². The molecule has 0 bridgehead atoms. The van der Waals surface area contributed by atoms with Crippen molar-refractivity contribution in [3.05, 3.63) is 61.9 Å². The maximum Gasteiger partial charge on any atom is 0.220 e. The predicted octanol–water partition coefficient (Wildman–Crippen LogP) is 2.98. The largest absolute Gasteiger partial charge is 0.498 e. The van der Waals surface area contributed by atoms with Gasteiger partial charge in [-0.15, -0.1) is 0 Å². The highest BCUT2D eigenvalue weighted by molar-refractivity contribution is 5.79. The van der Waals surface area contributed by atoms with Crippen molar-refractivity contribution >= 4 is 5.57 Å². The summed E-state index contributed by atoms with van der Waals surface area (Å²) in [6.45, 7) is 0. The lowest BCUT2D eigenvalue weighted by Gasteiger charge is -2.33.